The maximum Gasteiger partial charge on any atom is 0.295 e. The standard InChI is InChI=1S/C20H17ClN4O5S/c1-30-20-9-5-4-8-18(20)24-31(28,29)15-10-11-17(19(12-15)25(26)27)23-22-13-14-6-2-3-7-16(14)21/h2-13,23-24H,1H3/b22-13+. The molecule has 0 atom stereocenters. The van der Waals surface area contributed by atoms with Gasteiger partial charge in [-0.1, -0.05) is 41.9 Å². The van der Waals surface area contributed by atoms with Crippen molar-refractivity contribution in [3.05, 3.63) is 87.4 Å². The van der Waals surface area contributed by atoms with Crippen molar-refractivity contribution >= 4 is 44.9 Å². The molecule has 0 bridgehead atoms. The van der Waals surface area contributed by atoms with E-state index in [-0.39, 0.29) is 16.3 Å². The maximum atomic E-state index is 12.7. The van der Waals surface area contributed by atoms with E-state index >= 15 is 0 Å². The fourth-order valence-electron chi connectivity index (χ4n) is 2.61. The molecule has 3 aromatic carbocycles. The van der Waals surface area contributed by atoms with Crippen molar-refractivity contribution in [3.63, 3.8) is 0 Å². The molecule has 0 aliphatic heterocycles. The summed E-state index contributed by atoms with van der Waals surface area (Å²) in [7, 11) is -2.70. The minimum absolute atomic E-state index is 0.0181. The lowest BCUT2D eigenvalue weighted by Gasteiger charge is -2.12. The number of anilines is 2. The quantitative estimate of drug-likeness (QED) is 0.290. The summed E-state index contributed by atoms with van der Waals surface area (Å²) in [4.78, 5) is 10.5. The molecule has 31 heavy (non-hydrogen) atoms. The summed E-state index contributed by atoms with van der Waals surface area (Å²) in [6, 6.07) is 16.8. The molecule has 0 amide bonds. The van der Waals surface area contributed by atoms with E-state index < -0.39 is 20.6 Å². The summed E-state index contributed by atoms with van der Waals surface area (Å²) in [6.07, 6.45) is 1.40. The first-order valence-electron chi connectivity index (χ1n) is 8.79. The Balaban J connectivity index is 1.87. The molecule has 0 aromatic heterocycles. The predicted molar refractivity (Wildman–Crippen MR) is 120 cm³/mol. The Hall–Kier alpha value is -3.63. The highest BCUT2D eigenvalue weighted by atomic mass is 35.5. The third-order valence-electron chi connectivity index (χ3n) is 4.12. The monoisotopic (exact) mass is 460 g/mol. The fourth-order valence-corrected chi connectivity index (χ4v) is 3.88. The van der Waals surface area contributed by atoms with E-state index in [0.717, 1.165) is 6.07 Å². The van der Waals surface area contributed by atoms with Gasteiger partial charge in [0.05, 0.1) is 28.8 Å². The van der Waals surface area contributed by atoms with Gasteiger partial charge in [-0.05, 0) is 30.3 Å². The van der Waals surface area contributed by atoms with Crippen LogP contribution in [0, 0.1) is 10.1 Å². The van der Waals surface area contributed by atoms with E-state index in [4.69, 9.17) is 16.3 Å². The molecule has 9 nitrogen and oxygen atoms in total. The molecule has 160 valence electrons. The van der Waals surface area contributed by atoms with Crippen LogP contribution in [-0.2, 0) is 10.0 Å². The summed E-state index contributed by atoms with van der Waals surface area (Å²) in [6.45, 7) is 0. The molecule has 0 aliphatic carbocycles. The first kappa shape index (κ1) is 22.1. The molecule has 2 N–H and O–H groups in total. The van der Waals surface area contributed by atoms with Gasteiger partial charge in [0.1, 0.15) is 11.4 Å². The molecule has 3 rings (SSSR count). The van der Waals surface area contributed by atoms with Crippen LogP contribution >= 0.6 is 11.6 Å². The summed E-state index contributed by atoms with van der Waals surface area (Å²) in [5, 5.41) is 15.9. The number of halogens is 1. The molecule has 0 unspecified atom stereocenters. The number of nitro groups is 1. The normalized spacial score (nSPS) is 11.3. The van der Waals surface area contributed by atoms with Gasteiger partial charge in [0.25, 0.3) is 15.7 Å². The van der Waals surface area contributed by atoms with Gasteiger partial charge in [-0.3, -0.25) is 20.3 Å². The third-order valence-corrected chi connectivity index (χ3v) is 5.83. The van der Waals surface area contributed by atoms with Crippen LogP contribution in [0.4, 0.5) is 17.1 Å². The number of hydrogen-bond acceptors (Lipinski definition) is 7. The largest absolute Gasteiger partial charge is 0.495 e. The molecule has 0 saturated carbocycles. The van der Waals surface area contributed by atoms with Crippen molar-refractivity contribution in [3.8, 4) is 5.75 Å². The second-order valence-corrected chi connectivity index (χ2v) is 8.22. The molecular formula is C20H17ClN4O5S. The molecule has 0 saturated heterocycles. The summed E-state index contributed by atoms with van der Waals surface area (Å²) >= 11 is 6.04. The number of sulfonamides is 1. The number of nitrogens with one attached hydrogen (secondary N) is 2. The highest BCUT2D eigenvalue weighted by molar-refractivity contribution is 7.92. The van der Waals surface area contributed by atoms with Crippen molar-refractivity contribution in [1.29, 1.82) is 0 Å². The molecular weight excluding hydrogens is 444 g/mol. The minimum Gasteiger partial charge on any atom is -0.495 e. The number of para-hydroxylation sites is 2. The molecule has 0 fully saturated rings. The number of methoxy groups -OCH3 is 1. The van der Waals surface area contributed by atoms with Crippen LogP contribution < -0.4 is 14.9 Å². The number of rotatable bonds is 8. The number of benzene rings is 3. The topological polar surface area (TPSA) is 123 Å². The lowest BCUT2D eigenvalue weighted by atomic mass is 10.2. The Morgan fingerprint density at radius 3 is 2.48 bits per heavy atom. The first-order valence-corrected chi connectivity index (χ1v) is 10.7. The van der Waals surface area contributed by atoms with E-state index in [0.29, 0.717) is 16.3 Å². The number of ether oxygens (including phenoxy) is 1. The zero-order chi connectivity index (χ0) is 22.4. The third kappa shape index (κ3) is 5.30. The SMILES string of the molecule is COc1ccccc1NS(=O)(=O)c1ccc(N/N=C/c2ccccc2Cl)c([N+](=O)[O-])c1. The van der Waals surface area contributed by atoms with E-state index in [1.54, 1.807) is 42.5 Å². The van der Waals surface area contributed by atoms with E-state index in [1.807, 2.05) is 0 Å². The van der Waals surface area contributed by atoms with Crippen LogP contribution in [0.1, 0.15) is 5.56 Å². The Kier molecular flexibility index (Phi) is 6.73. The van der Waals surface area contributed by atoms with Crippen molar-refractivity contribution < 1.29 is 18.1 Å². The molecule has 0 radical (unpaired) electrons. The van der Waals surface area contributed by atoms with Gasteiger partial charge >= 0.3 is 0 Å². The molecule has 11 heteroatoms. The van der Waals surface area contributed by atoms with Gasteiger partial charge in [0.15, 0.2) is 0 Å². The zero-order valence-corrected chi connectivity index (χ0v) is 17.7. The van der Waals surface area contributed by atoms with Crippen LogP contribution in [-0.4, -0.2) is 26.7 Å². The lowest BCUT2D eigenvalue weighted by Crippen LogP contribution is -2.14. The lowest BCUT2D eigenvalue weighted by molar-refractivity contribution is -0.384. The van der Waals surface area contributed by atoms with Crippen LogP contribution in [0.15, 0.2) is 76.7 Å². The van der Waals surface area contributed by atoms with Crippen molar-refractivity contribution in [2.24, 2.45) is 5.10 Å². The first-order chi connectivity index (χ1) is 14.8. The minimum atomic E-state index is -4.11. The predicted octanol–water partition coefficient (Wildman–Crippen LogP) is 4.50. The van der Waals surface area contributed by atoms with Crippen molar-refractivity contribution in [2.45, 2.75) is 4.90 Å². The Labute approximate surface area is 183 Å². The van der Waals surface area contributed by atoms with Crippen LogP contribution in [0.3, 0.4) is 0 Å². The summed E-state index contributed by atoms with van der Waals surface area (Å²) < 4.78 is 33.0. The number of nitrogens with zero attached hydrogens (tertiary/aromatic N) is 2. The van der Waals surface area contributed by atoms with Gasteiger partial charge in [0.2, 0.25) is 0 Å². The van der Waals surface area contributed by atoms with E-state index in [2.05, 4.69) is 15.2 Å². The maximum absolute atomic E-state index is 12.7. The number of nitro benzene ring substituents is 1. The zero-order valence-electron chi connectivity index (χ0n) is 16.2. The van der Waals surface area contributed by atoms with E-state index in [9.17, 15) is 18.5 Å². The fraction of sp³-hybridized carbons (Fsp3) is 0.0500. The smallest absolute Gasteiger partial charge is 0.295 e. The highest BCUT2D eigenvalue weighted by Gasteiger charge is 2.22. The van der Waals surface area contributed by atoms with Gasteiger partial charge in [-0.2, -0.15) is 5.10 Å². The Morgan fingerprint density at radius 2 is 1.77 bits per heavy atom. The van der Waals surface area contributed by atoms with Gasteiger partial charge in [0, 0.05) is 16.7 Å². The van der Waals surface area contributed by atoms with Gasteiger partial charge in [-0.15, -0.1) is 0 Å². The molecule has 0 heterocycles. The average Bonchev–Trinajstić information content (AvgIpc) is 2.75. The summed E-state index contributed by atoms with van der Waals surface area (Å²) in [5.74, 6) is 0.313. The Bertz CT molecular complexity index is 1250. The van der Waals surface area contributed by atoms with Crippen LogP contribution in [0.2, 0.25) is 5.02 Å². The van der Waals surface area contributed by atoms with Crippen molar-refractivity contribution in [2.75, 3.05) is 17.3 Å². The average molecular weight is 461 g/mol. The second-order valence-electron chi connectivity index (χ2n) is 6.13. The number of hydrogen-bond donors (Lipinski definition) is 2. The van der Waals surface area contributed by atoms with E-state index in [1.165, 1.54) is 31.5 Å². The Morgan fingerprint density at radius 1 is 1.06 bits per heavy atom. The van der Waals surface area contributed by atoms with Gasteiger partial charge < -0.3 is 4.74 Å². The molecule has 3 aromatic rings. The summed E-state index contributed by atoms with van der Waals surface area (Å²) in [5.41, 5.74) is 2.93. The van der Waals surface area contributed by atoms with Crippen LogP contribution in [0.25, 0.3) is 0 Å². The second kappa shape index (κ2) is 9.45. The van der Waals surface area contributed by atoms with Crippen molar-refractivity contribution in [1.82, 2.24) is 0 Å². The molecule has 0 aliphatic rings. The van der Waals surface area contributed by atoms with Gasteiger partial charge in [-0.25, -0.2) is 8.42 Å². The highest BCUT2D eigenvalue weighted by Crippen LogP contribution is 2.30. The molecule has 0 spiro atoms. The number of hydrazone groups is 1. The van der Waals surface area contributed by atoms with Crippen LogP contribution in [0.5, 0.6) is 5.75 Å².